The first-order valence-corrected chi connectivity index (χ1v) is 5.67. The van der Waals surface area contributed by atoms with Gasteiger partial charge in [0.2, 0.25) is 0 Å². The van der Waals surface area contributed by atoms with E-state index in [0.717, 1.165) is 0 Å². The van der Waals surface area contributed by atoms with Gasteiger partial charge in [-0.15, -0.1) is 0 Å². The van der Waals surface area contributed by atoms with Crippen molar-refractivity contribution >= 4 is 11.4 Å². The fourth-order valence-electron chi connectivity index (χ4n) is 1.84. The molecule has 0 unspecified atom stereocenters. The summed E-state index contributed by atoms with van der Waals surface area (Å²) in [5, 5.41) is 0. The summed E-state index contributed by atoms with van der Waals surface area (Å²) in [6.07, 6.45) is 0. The van der Waals surface area contributed by atoms with E-state index in [1.54, 1.807) is 24.3 Å². The maximum absolute atomic E-state index is 13.8. The van der Waals surface area contributed by atoms with E-state index < -0.39 is 29.0 Å². The number of hydrogen-bond acceptors (Lipinski definition) is 2. The highest BCUT2D eigenvalue weighted by atomic mass is 19.2. The Morgan fingerprint density at radius 1 is 0.900 bits per heavy atom. The minimum atomic E-state index is -1.85. The molecule has 0 spiro atoms. The molecule has 6 heteroatoms. The molecule has 0 saturated carbocycles. The molecule has 2 rings (SSSR count). The SMILES string of the molecule is COc1ccccc1N(C)c1cc(F)c(F)c(F)c1F. The first-order valence-electron chi connectivity index (χ1n) is 5.67. The summed E-state index contributed by atoms with van der Waals surface area (Å²) >= 11 is 0. The summed E-state index contributed by atoms with van der Waals surface area (Å²) in [6.45, 7) is 0. The van der Waals surface area contributed by atoms with Gasteiger partial charge in [-0.25, -0.2) is 17.6 Å². The fourth-order valence-corrected chi connectivity index (χ4v) is 1.84. The van der Waals surface area contributed by atoms with Crippen LogP contribution in [0, 0.1) is 23.3 Å². The topological polar surface area (TPSA) is 12.5 Å². The molecule has 0 bridgehead atoms. The molecule has 20 heavy (non-hydrogen) atoms. The summed E-state index contributed by atoms with van der Waals surface area (Å²) < 4.78 is 58.3. The van der Waals surface area contributed by atoms with Crippen molar-refractivity contribution in [3.63, 3.8) is 0 Å². The molecule has 2 nitrogen and oxygen atoms in total. The van der Waals surface area contributed by atoms with Gasteiger partial charge in [-0.2, -0.15) is 0 Å². The predicted octanol–water partition coefficient (Wildman–Crippen LogP) is 4.02. The first-order chi connectivity index (χ1) is 9.47. The van der Waals surface area contributed by atoms with Gasteiger partial charge in [0.15, 0.2) is 23.3 Å². The molecule has 2 aromatic rings. The van der Waals surface area contributed by atoms with Gasteiger partial charge < -0.3 is 9.64 Å². The molecule has 0 amide bonds. The minimum Gasteiger partial charge on any atom is -0.495 e. The van der Waals surface area contributed by atoms with E-state index in [1.807, 2.05) is 0 Å². The summed E-state index contributed by atoms with van der Waals surface area (Å²) in [6, 6.07) is 7.14. The van der Waals surface area contributed by atoms with Gasteiger partial charge in [0.1, 0.15) is 5.75 Å². The number of halogens is 4. The van der Waals surface area contributed by atoms with Crippen molar-refractivity contribution in [1.82, 2.24) is 0 Å². The molecular weight excluding hydrogens is 274 g/mol. The Bertz CT molecular complexity index is 645. The second-order valence-electron chi connectivity index (χ2n) is 4.05. The maximum atomic E-state index is 13.8. The lowest BCUT2D eigenvalue weighted by Crippen LogP contribution is -2.14. The molecule has 0 radical (unpaired) electrons. The third-order valence-electron chi connectivity index (χ3n) is 2.89. The van der Waals surface area contributed by atoms with Gasteiger partial charge in [-0.1, -0.05) is 12.1 Å². The van der Waals surface area contributed by atoms with Crippen molar-refractivity contribution < 1.29 is 22.3 Å². The molecule has 0 aliphatic rings. The highest BCUT2D eigenvalue weighted by Gasteiger charge is 2.22. The Morgan fingerprint density at radius 2 is 1.55 bits per heavy atom. The Kier molecular flexibility index (Phi) is 3.83. The average Bonchev–Trinajstić information content (AvgIpc) is 2.48. The number of anilines is 2. The maximum Gasteiger partial charge on any atom is 0.199 e. The van der Waals surface area contributed by atoms with Gasteiger partial charge in [-0.05, 0) is 12.1 Å². The Balaban J connectivity index is 2.57. The number of rotatable bonds is 3. The highest BCUT2D eigenvalue weighted by Crippen LogP contribution is 2.35. The monoisotopic (exact) mass is 285 g/mol. The van der Waals surface area contributed by atoms with Gasteiger partial charge in [0.25, 0.3) is 0 Å². The number of nitrogens with zero attached hydrogens (tertiary/aromatic N) is 1. The molecule has 0 aliphatic heterocycles. The van der Waals surface area contributed by atoms with Crippen LogP contribution in [0.5, 0.6) is 5.75 Å². The van der Waals surface area contributed by atoms with Crippen LogP contribution < -0.4 is 9.64 Å². The van der Waals surface area contributed by atoms with Crippen LogP contribution in [0.1, 0.15) is 0 Å². The van der Waals surface area contributed by atoms with Crippen LogP contribution >= 0.6 is 0 Å². The van der Waals surface area contributed by atoms with Crippen molar-refractivity contribution in [3.05, 3.63) is 53.6 Å². The smallest absolute Gasteiger partial charge is 0.199 e. The van der Waals surface area contributed by atoms with Crippen LogP contribution in [0.25, 0.3) is 0 Å². The molecule has 2 aromatic carbocycles. The second-order valence-corrected chi connectivity index (χ2v) is 4.05. The van der Waals surface area contributed by atoms with Crippen LogP contribution in [0.15, 0.2) is 30.3 Å². The second kappa shape index (κ2) is 5.40. The summed E-state index contributed by atoms with van der Waals surface area (Å²) in [5.41, 5.74) is -0.0368. The fraction of sp³-hybridized carbons (Fsp3) is 0.143. The van der Waals surface area contributed by atoms with Crippen LogP contribution in [0.3, 0.4) is 0 Å². The molecule has 106 valence electrons. The molecule has 0 fully saturated rings. The van der Waals surface area contributed by atoms with Crippen LogP contribution in [0.2, 0.25) is 0 Å². The van der Waals surface area contributed by atoms with Gasteiger partial charge in [0, 0.05) is 13.1 Å². The zero-order valence-electron chi connectivity index (χ0n) is 10.8. The lowest BCUT2D eigenvalue weighted by molar-refractivity contribution is 0.408. The molecule has 0 N–H and O–H groups in total. The molecule has 0 aromatic heterocycles. The van der Waals surface area contributed by atoms with Crippen LogP contribution in [0.4, 0.5) is 28.9 Å². The van der Waals surface area contributed by atoms with Crippen molar-refractivity contribution in [2.24, 2.45) is 0 Å². The summed E-state index contributed by atoms with van der Waals surface area (Å²) in [4.78, 5) is 1.18. The molecule has 0 heterocycles. The normalized spacial score (nSPS) is 10.5. The van der Waals surface area contributed by atoms with Gasteiger partial charge >= 0.3 is 0 Å². The van der Waals surface area contributed by atoms with Gasteiger partial charge in [0.05, 0.1) is 18.5 Å². The molecular formula is C14H11F4NO. The Hall–Kier alpha value is -2.24. The number of benzene rings is 2. The van der Waals surface area contributed by atoms with Gasteiger partial charge in [-0.3, -0.25) is 0 Å². The van der Waals surface area contributed by atoms with Crippen LogP contribution in [-0.2, 0) is 0 Å². The Morgan fingerprint density at radius 3 is 2.20 bits per heavy atom. The van der Waals surface area contributed by atoms with E-state index in [1.165, 1.54) is 19.1 Å². The largest absolute Gasteiger partial charge is 0.495 e. The van der Waals surface area contributed by atoms with Crippen molar-refractivity contribution in [1.29, 1.82) is 0 Å². The zero-order chi connectivity index (χ0) is 14.9. The van der Waals surface area contributed by atoms with Crippen molar-refractivity contribution in [3.8, 4) is 5.75 Å². The summed E-state index contributed by atoms with van der Waals surface area (Å²) in [7, 11) is 2.81. The highest BCUT2D eigenvalue weighted by molar-refractivity contribution is 5.69. The van der Waals surface area contributed by atoms with Crippen LogP contribution in [-0.4, -0.2) is 14.2 Å². The Labute approximate surface area is 113 Å². The predicted molar refractivity (Wildman–Crippen MR) is 67.3 cm³/mol. The number of ether oxygens (including phenoxy) is 1. The quantitative estimate of drug-likeness (QED) is 0.480. The van der Waals surface area contributed by atoms with Crippen molar-refractivity contribution in [2.75, 3.05) is 19.1 Å². The van der Waals surface area contributed by atoms with Crippen molar-refractivity contribution in [2.45, 2.75) is 0 Å². The lowest BCUT2D eigenvalue weighted by Gasteiger charge is -2.22. The number of methoxy groups -OCH3 is 1. The standard InChI is InChI=1S/C14H11F4NO/c1-19(9-5-3-4-6-11(9)20-2)10-7-8(15)12(16)14(18)13(10)17/h3-7H,1-2H3. The number of hydrogen-bond donors (Lipinski definition) is 0. The van der Waals surface area contributed by atoms with E-state index in [4.69, 9.17) is 4.74 Å². The summed E-state index contributed by atoms with van der Waals surface area (Å²) in [5.74, 6) is -6.21. The number of para-hydroxylation sites is 2. The van der Waals surface area contributed by atoms with E-state index >= 15 is 0 Å². The zero-order valence-corrected chi connectivity index (χ0v) is 10.8. The van der Waals surface area contributed by atoms with E-state index in [2.05, 4.69) is 0 Å². The molecule has 0 atom stereocenters. The third kappa shape index (κ3) is 2.29. The van der Waals surface area contributed by atoms with E-state index in [9.17, 15) is 17.6 Å². The lowest BCUT2D eigenvalue weighted by atomic mass is 10.2. The minimum absolute atomic E-state index is 0.388. The van der Waals surface area contributed by atoms with E-state index in [0.29, 0.717) is 17.5 Å². The third-order valence-corrected chi connectivity index (χ3v) is 2.89. The first kappa shape index (κ1) is 14.2. The average molecular weight is 285 g/mol. The van der Waals surface area contributed by atoms with E-state index in [-0.39, 0.29) is 0 Å². The molecule has 0 saturated heterocycles. The molecule has 0 aliphatic carbocycles.